The molecule has 1 N–H and O–H groups in total. The average Bonchev–Trinajstić information content (AvgIpc) is 2.14. The van der Waals surface area contributed by atoms with E-state index in [9.17, 15) is 0 Å². The van der Waals surface area contributed by atoms with Crippen LogP contribution in [0.2, 0.25) is 0 Å². The lowest BCUT2D eigenvalue weighted by Crippen LogP contribution is -2.49. The summed E-state index contributed by atoms with van der Waals surface area (Å²) in [4.78, 5) is 0. The Kier molecular flexibility index (Phi) is 1.71. The van der Waals surface area contributed by atoms with Crippen molar-refractivity contribution >= 4 is 5.71 Å². The molecule has 0 heterocycles. The summed E-state index contributed by atoms with van der Waals surface area (Å²) in [5.41, 5.74) is 1.32. The van der Waals surface area contributed by atoms with Crippen molar-refractivity contribution in [3.8, 4) is 0 Å². The molecule has 0 aromatic heterocycles. The van der Waals surface area contributed by atoms with Crippen molar-refractivity contribution in [3.63, 3.8) is 0 Å². The smallest absolute Gasteiger partial charge is 0.0601 e. The van der Waals surface area contributed by atoms with Crippen LogP contribution in [0.4, 0.5) is 0 Å². The summed E-state index contributed by atoms with van der Waals surface area (Å²) in [5.74, 6) is 2.83. The first-order chi connectivity index (χ1) is 6.72. The third-order valence-electron chi connectivity index (χ3n) is 4.96. The SMILES string of the molecule is CC(=NO)C12CC3CC(CC(C3)C1)C2. The van der Waals surface area contributed by atoms with Crippen LogP contribution in [0.25, 0.3) is 0 Å². The maximum absolute atomic E-state index is 8.98. The average molecular weight is 193 g/mol. The Labute approximate surface area is 85.4 Å². The largest absolute Gasteiger partial charge is 0.411 e. The van der Waals surface area contributed by atoms with Crippen LogP contribution in [0.15, 0.2) is 5.16 Å². The molecule has 14 heavy (non-hydrogen) atoms. The first-order valence-corrected chi connectivity index (χ1v) is 5.91. The zero-order valence-electron chi connectivity index (χ0n) is 8.87. The van der Waals surface area contributed by atoms with Crippen molar-refractivity contribution in [3.05, 3.63) is 0 Å². The van der Waals surface area contributed by atoms with Crippen LogP contribution < -0.4 is 0 Å². The third-order valence-corrected chi connectivity index (χ3v) is 4.96. The molecular formula is C12H19NO. The van der Waals surface area contributed by atoms with Crippen LogP contribution in [-0.2, 0) is 0 Å². The molecule has 0 spiro atoms. The molecule has 4 bridgehead atoms. The molecule has 0 atom stereocenters. The van der Waals surface area contributed by atoms with Gasteiger partial charge in [-0.2, -0.15) is 0 Å². The fraction of sp³-hybridized carbons (Fsp3) is 0.917. The van der Waals surface area contributed by atoms with Crippen molar-refractivity contribution in [1.82, 2.24) is 0 Å². The van der Waals surface area contributed by atoms with Crippen LogP contribution in [-0.4, -0.2) is 10.9 Å². The molecule has 4 aliphatic carbocycles. The Morgan fingerprint density at radius 3 is 1.86 bits per heavy atom. The fourth-order valence-electron chi connectivity index (χ4n) is 4.66. The summed E-state index contributed by atoms with van der Waals surface area (Å²) in [5, 5.41) is 12.5. The van der Waals surface area contributed by atoms with E-state index in [2.05, 4.69) is 5.16 Å². The Morgan fingerprint density at radius 1 is 1.07 bits per heavy atom. The van der Waals surface area contributed by atoms with E-state index < -0.39 is 0 Å². The van der Waals surface area contributed by atoms with Crippen molar-refractivity contribution in [1.29, 1.82) is 0 Å². The minimum Gasteiger partial charge on any atom is -0.411 e. The molecule has 0 amide bonds. The number of hydrogen-bond donors (Lipinski definition) is 1. The normalized spacial score (nSPS) is 51.2. The highest BCUT2D eigenvalue weighted by molar-refractivity contribution is 5.87. The van der Waals surface area contributed by atoms with E-state index in [1.54, 1.807) is 0 Å². The molecule has 0 unspecified atom stereocenters. The third kappa shape index (κ3) is 1.06. The Bertz CT molecular complexity index is 247. The highest BCUT2D eigenvalue weighted by Crippen LogP contribution is 2.60. The van der Waals surface area contributed by atoms with Gasteiger partial charge in [-0.05, 0) is 63.2 Å². The molecule has 4 saturated carbocycles. The number of nitrogens with zero attached hydrogens (tertiary/aromatic N) is 1. The minimum atomic E-state index is 0.309. The van der Waals surface area contributed by atoms with Crippen LogP contribution >= 0.6 is 0 Å². The second-order valence-corrected chi connectivity index (χ2v) is 5.88. The second-order valence-electron chi connectivity index (χ2n) is 5.88. The van der Waals surface area contributed by atoms with Gasteiger partial charge < -0.3 is 5.21 Å². The van der Waals surface area contributed by atoms with Gasteiger partial charge in [-0.3, -0.25) is 0 Å². The molecule has 4 rings (SSSR count). The molecule has 2 nitrogen and oxygen atoms in total. The summed E-state index contributed by atoms with van der Waals surface area (Å²) in [6, 6.07) is 0. The monoisotopic (exact) mass is 193 g/mol. The zero-order chi connectivity index (χ0) is 9.76. The molecule has 0 aromatic rings. The predicted octanol–water partition coefficient (Wildman–Crippen LogP) is 3.05. The zero-order valence-corrected chi connectivity index (χ0v) is 8.87. The van der Waals surface area contributed by atoms with Crippen molar-refractivity contribution in [2.24, 2.45) is 28.3 Å². The number of oxime groups is 1. The minimum absolute atomic E-state index is 0.309. The van der Waals surface area contributed by atoms with Crippen LogP contribution in [0.3, 0.4) is 0 Å². The van der Waals surface area contributed by atoms with Gasteiger partial charge in [-0.15, -0.1) is 0 Å². The lowest BCUT2D eigenvalue weighted by atomic mass is 9.48. The quantitative estimate of drug-likeness (QED) is 0.387. The first kappa shape index (κ1) is 8.75. The molecule has 0 aromatic carbocycles. The van der Waals surface area contributed by atoms with Crippen molar-refractivity contribution < 1.29 is 5.21 Å². The number of rotatable bonds is 1. The van der Waals surface area contributed by atoms with Crippen molar-refractivity contribution in [2.45, 2.75) is 45.4 Å². The summed E-state index contributed by atoms with van der Waals surface area (Å²) in [6.45, 7) is 2.02. The first-order valence-electron chi connectivity index (χ1n) is 5.91. The molecule has 2 heteroatoms. The lowest BCUT2D eigenvalue weighted by Gasteiger charge is -2.56. The van der Waals surface area contributed by atoms with E-state index in [-0.39, 0.29) is 0 Å². The summed E-state index contributed by atoms with van der Waals surface area (Å²) in [7, 11) is 0. The van der Waals surface area contributed by atoms with E-state index in [0.717, 1.165) is 23.5 Å². The standard InChI is InChI=1S/C12H19NO/c1-8(13-14)12-5-9-2-10(6-12)4-11(3-9)7-12/h9-11,14H,2-7H2,1H3. The highest BCUT2D eigenvalue weighted by Gasteiger charge is 2.52. The van der Waals surface area contributed by atoms with Gasteiger partial charge in [0, 0.05) is 5.41 Å². The van der Waals surface area contributed by atoms with E-state index in [1.165, 1.54) is 38.5 Å². The van der Waals surface area contributed by atoms with E-state index in [0.29, 0.717) is 5.41 Å². The molecule has 4 fully saturated rings. The topological polar surface area (TPSA) is 32.6 Å². The predicted molar refractivity (Wildman–Crippen MR) is 55.5 cm³/mol. The summed E-state index contributed by atoms with van der Waals surface area (Å²) >= 11 is 0. The van der Waals surface area contributed by atoms with Gasteiger partial charge in [0.25, 0.3) is 0 Å². The summed E-state index contributed by atoms with van der Waals surface area (Å²) in [6.07, 6.45) is 8.27. The maximum Gasteiger partial charge on any atom is 0.0601 e. The van der Waals surface area contributed by atoms with Gasteiger partial charge >= 0.3 is 0 Å². The Balaban J connectivity index is 1.94. The molecule has 78 valence electrons. The van der Waals surface area contributed by atoms with Gasteiger partial charge in [-0.1, -0.05) is 5.16 Å². The van der Waals surface area contributed by atoms with Gasteiger partial charge in [0.05, 0.1) is 5.71 Å². The highest BCUT2D eigenvalue weighted by atomic mass is 16.4. The van der Waals surface area contributed by atoms with Crippen LogP contribution in [0.1, 0.15) is 45.4 Å². The number of hydrogen-bond acceptors (Lipinski definition) is 2. The summed E-state index contributed by atoms with van der Waals surface area (Å²) < 4.78 is 0. The van der Waals surface area contributed by atoms with Crippen molar-refractivity contribution in [2.75, 3.05) is 0 Å². The van der Waals surface area contributed by atoms with Crippen LogP contribution in [0, 0.1) is 23.2 Å². The lowest BCUT2D eigenvalue weighted by molar-refractivity contribution is -0.0140. The van der Waals surface area contributed by atoms with E-state index in [1.807, 2.05) is 6.92 Å². The molecule has 0 aliphatic heterocycles. The van der Waals surface area contributed by atoms with E-state index >= 15 is 0 Å². The Hall–Kier alpha value is -0.530. The molecule has 0 saturated heterocycles. The molecular weight excluding hydrogens is 174 g/mol. The fourth-order valence-corrected chi connectivity index (χ4v) is 4.66. The molecule has 0 radical (unpaired) electrons. The second kappa shape index (κ2) is 2.74. The maximum atomic E-state index is 8.98. The van der Waals surface area contributed by atoms with Gasteiger partial charge in [-0.25, -0.2) is 0 Å². The molecule has 4 aliphatic rings. The Morgan fingerprint density at radius 2 is 1.50 bits per heavy atom. The van der Waals surface area contributed by atoms with Gasteiger partial charge in [0.2, 0.25) is 0 Å². The van der Waals surface area contributed by atoms with Gasteiger partial charge in [0.15, 0.2) is 0 Å². The van der Waals surface area contributed by atoms with Crippen LogP contribution in [0.5, 0.6) is 0 Å². The van der Waals surface area contributed by atoms with Gasteiger partial charge in [0.1, 0.15) is 0 Å². The van der Waals surface area contributed by atoms with E-state index in [4.69, 9.17) is 5.21 Å².